The van der Waals surface area contributed by atoms with Crippen molar-refractivity contribution in [1.29, 1.82) is 0 Å². The van der Waals surface area contributed by atoms with E-state index in [1.165, 1.54) is 0 Å². The molecule has 0 spiro atoms. The van der Waals surface area contributed by atoms with Crippen molar-refractivity contribution in [3.05, 3.63) is 91.0 Å². The highest BCUT2D eigenvalue weighted by Crippen LogP contribution is 2.47. The maximum absolute atomic E-state index is 12.1. The molecule has 7 nitrogen and oxygen atoms in total. The molecule has 0 radical (unpaired) electrons. The van der Waals surface area contributed by atoms with E-state index in [2.05, 4.69) is 5.32 Å². The Bertz CT molecular complexity index is 841. The van der Waals surface area contributed by atoms with Gasteiger partial charge in [-0.1, -0.05) is 48.5 Å². The molecule has 4 atom stereocenters. The van der Waals surface area contributed by atoms with Crippen LogP contribution in [0.3, 0.4) is 0 Å². The molecule has 1 saturated heterocycles. The zero-order chi connectivity index (χ0) is 20.6. The molecule has 1 fully saturated rings. The van der Waals surface area contributed by atoms with Gasteiger partial charge in [-0.3, -0.25) is 25.5 Å². The third kappa shape index (κ3) is 3.26. The molecule has 0 saturated carbocycles. The topological polar surface area (TPSA) is 98.3 Å². The molecule has 1 aliphatic heterocycles. The maximum atomic E-state index is 12.1. The van der Waals surface area contributed by atoms with Gasteiger partial charge in [-0.2, -0.15) is 0 Å². The minimum atomic E-state index is -1.17. The van der Waals surface area contributed by atoms with Crippen LogP contribution in [0.5, 0.6) is 0 Å². The Hall–Kier alpha value is -2.80. The highest BCUT2D eigenvalue weighted by atomic mass is 16.6. The predicted molar refractivity (Wildman–Crippen MR) is 106 cm³/mol. The molecule has 7 heteroatoms. The van der Waals surface area contributed by atoms with Crippen LogP contribution >= 0.6 is 0 Å². The summed E-state index contributed by atoms with van der Waals surface area (Å²) in [6, 6.07) is 11.5. The lowest BCUT2D eigenvalue weighted by Crippen LogP contribution is -2.63. The quantitative estimate of drug-likeness (QED) is 0.635. The lowest BCUT2D eigenvalue weighted by Gasteiger charge is -2.45. The molecule has 1 N–H and O–H groups in total. The van der Waals surface area contributed by atoms with Gasteiger partial charge in [-0.05, 0) is 49.9 Å². The Balaban J connectivity index is 2.21. The van der Waals surface area contributed by atoms with Gasteiger partial charge in [0.1, 0.15) is 17.5 Å². The van der Waals surface area contributed by atoms with Gasteiger partial charge in [0, 0.05) is 9.85 Å². The van der Waals surface area contributed by atoms with Crippen LogP contribution in [0.2, 0.25) is 0 Å². The third-order valence-electron chi connectivity index (χ3n) is 6.02. The predicted octanol–water partition coefficient (Wildman–Crippen LogP) is 4.01. The van der Waals surface area contributed by atoms with Crippen molar-refractivity contribution in [1.82, 2.24) is 5.32 Å². The molecule has 0 aromatic heterocycles. The molecule has 0 unspecified atom stereocenters. The van der Waals surface area contributed by atoms with Crippen molar-refractivity contribution in [2.75, 3.05) is 0 Å². The zero-order valence-electron chi connectivity index (χ0n) is 16.5. The number of nitro groups is 2. The first-order chi connectivity index (χ1) is 13.2. The van der Waals surface area contributed by atoms with Gasteiger partial charge < -0.3 is 0 Å². The molecule has 148 valence electrons. The van der Waals surface area contributed by atoms with Crippen LogP contribution in [0.15, 0.2) is 48.5 Å². The minimum Gasteiger partial charge on any atom is -0.291 e. The van der Waals surface area contributed by atoms with E-state index in [1.807, 2.05) is 62.4 Å². The first kappa shape index (κ1) is 19.9. The number of aryl methyl sites for hydroxylation is 2. The fourth-order valence-corrected chi connectivity index (χ4v) is 4.59. The molecule has 1 heterocycles. The normalized spacial score (nSPS) is 26.6. The molecule has 0 amide bonds. The van der Waals surface area contributed by atoms with Gasteiger partial charge in [0.15, 0.2) is 0 Å². The number of rotatable bonds is 4. The average Bonchev–Trinajstić information content (AvgIpc) is 2.60. The number of benzene rings is 2. The molecule has 28 heavy (non-hydrogen) atoms. The Labute approximate surface area is 164 Å². The van der Waals surface area contributed by atoms with Gasteiger partial charge in [0.05, 0.1) is 0 Å². The molecule has 0 bridgehead atoms. The van der Waals surface area contributed by atoms with Gasteiger partial charge >= 0.3 is 0 Å². The third-order valence-corrected chi connectivity index (χ3v) is 6.02. The average molecular weight is 383 g/mol. The summed E-state index contributed by atoms with van der Waals surface area (Å²) in [6.45, 7) is 7.10. The monoisotopic (exact) mass is 383 g/mol. The maximum Gasteiger partial charge on any atom is 0.243 e. The van der Waals surface area contributed by atoms with E-state index in [1.54, 1.807) is 13.8 Å². The summed E-state index contributed by atoms with van der Waals surface area (Å²) in [5.41, 5.74) is 2.28. The van der Waals surface area contributed by atoms with Crippen LogP contribution in [0.4, 0.5) is 0 Å². The van der Waals surface area contributed by atoms with Crippen molar-refractivity contribution in [2.45, 2.75) is 51.9 Å². The number of hydrogen-bond donors (Lipinski definition) is 1. The Morgan fingerprint density at radius 1 is 0.786 bits per heavy atom. The molecule has 0 aliphatic carbocycles. The Morgan fingerprint density at radius 3 is 1.46 bits per heavy atom. The van der Waals surface area contributed by atoms with E-state index in [0.29, 0.717) is 0 Å². The van der Waals surface area contributed by atoms with Crippen molar-refractivity contribution in [2.24, 2.45) is 5.41 Å². The van der Waals surface area contributed by atoms with Gasteiger partial charge in [0.25, 0.3) is 0 Å². The van der Waals surface area contributed by atoms with Crippen LogP contribution in [-0.4, -0.2) is 21.9 Å². The van der Waals surface area contributed by atoms with E-state index in [0.717, 1.165) is 22.3 Å². The summed E-state index contributed by atoms with van der Waals surface area (Å²) >= 11 is 0. The van der Waals surface area contributed by atoms with E-state index in [-0.39, 0.29) is 9.85 Å². The molecule has 2 aromatic rings. The van der Waals surface area contributed by atoms with Crippen molar-refractivity contribution in [3.8, 4) is 0 Å². The Morgan fingerprint density at radius 2 is 1.14 bits per heavy atom. The second-order valence-electron chi connectivity index (χ2n) is 8.12. The fourth-order valence-electron chi connectivity index (χ4n) is 4.59. The van der Waals surface area contributed by atoms with Crippen LogP contribution in [-0.2, 0) is 0 Å². The number of piperidine rings is 1. The largest absolute Gasteiger partial charge is 0.291 e. The standard InChI is InChI=1S/C21H25N3O4/c1-13-9-5-7-11-15(13)17-19(23(25)26)21(3,4)20(24(27)28)18(22-17)16-12-8-6-10-14(16)2/h5-12,17-20,22H,1-4H3/t17-,18-,19-,20-/m1/s1. The number of hydrogen-bond acceptors (Lipinski definition) is 5. The van der Waals surface area contributed by atoms with Gasteiger partial charge in [0.2, 0.25) is 12.1 Å². The summed E-state index contributed by atoms with van der Waals surface area (Å²) in [5.74, 6) is 0. The number of nitrogens with one attached hydrogen (secondary N) is 1. The molecule has 1 aliphatic rings. The van der Waals surface area contributed by atoms with Crippen LogP contribution in [0.25, 0.3) is 0 Å². The fraction of sp³-hybridized carbons (Fsp3) is 0.429. The lowest BCUT2D eigenvalue weighted by atomic mass is 9.66. The Kier molecular flexibility index (Phi) is 5.21. The zero-order valence-corrected chi connectivity index (χ0v) is 16.5. The van der Waals surface area contributed by atoms with E-state index in [4.69, 9.17) is 0 Å². The van der Waals surface area contributed by atoms with Crippen molar-refractivity contribution >= 4 is 0 Å². The van der Waals surface area contributed by atoms with E-state index >= 15 is 0 Å². The SMILES string of the molecule is Cc1ccccc1[C@H]1N[C@H](c2ccccc2C)[C@@H]([N+](=O)[O-])C(C)(C)[C@@H]1[N+](=O)[O-]. The van der Waals surface area contributed by atoms with Crippen molar-refractivity contribution in [3.63, 3.8) is 0 Å². The summed E-state index contributed by atoms with van der Waals surface area (Å²) in [5, 5.41) is 27.5. The smallest absolute Gasteiger partial charge is 0.243 e. The second kappa shape index (κ2) is 7.31. The van der Waals surface area contributed by atoms with Crippen LogP contribution < -0.4 is 5.32 Å². The van der Waals surface area contributed by atoms with Crippen molar-refractivity contribution < 1.29 is 9.85 Å². The van der Waals surface area contributed by atoms with Gasteiger partial charge in [-0.25, -0.2) is 0 Å². The van der Waals surface area contributed by atoms with Crippen LogP contribution in [0.1, 0.15) is 48.2 Å². The highest BCUT2D eigenvalue weighted by molar-refractivity contribution is 5.35. The molecular weight excluding hydrogens is 358 g/mol. The van der Waals surface area contributed by atoms with E-state index < -0.39 is 29.6 Å². The summed E-state index contributed by atoms with van der Waals surface area (Å²) in [4.78, 5) is 23.4. The van der Waals surface area contributed by atoms with E-state index in [9.17, 15) is 20.2 Å². The van der Waals surface area contributed by atoms with Crippen LogP contribution in [0, 0.1) is 39.5 Å². The number of nitrogens with zero attached hydrogens (tertiary/aromatic N) is 2. The lowest BCUT2D eigenvalue weighted by molar-refractivity contribution is -0.605. The molecular formula is C21H25N3O4. The highest BCUT2D eigenvalue weighted by Gasteiger charge is 2.63. The first-order valence-electron chi connectivity index (χ1n) is 9.30. The molecule has 2 aromatic carbocycles. The summed E-state index contributed by atoms with van der Waals surface area (Å²) in [7, 11) is 0. The summed E-state index contributed by atoms with van der Waals surface area (Å²) in [6.07, 6.45) is 0. The second-order valence-corrected chi connectivity index (χ2v) is 8.12. The van der Waals surface area contributed by atoms with Gasteiger partial charge in [-0.15, -0.1) is 0 Å². The molecule has 3 rings (SSSR count). The summed E-state index contributed by atoms with van der Waals surface area (Å²) < 4.78 is 0. The first-order valence-corrected chi connectivity index (χ1v) is 9.30. The minimum absolute atomic E-state index is 0.366.